The predicted molar refractivity (Wildman–Crippen MR) is 115 cm³/mol. The minimum atomic E-state index is -0.504. The van der Waals surface area contributed by atoms with Crippen LogP contribution >= 0.6 is 12.2 Å². The smallest absolute Gasteiger partial charge is 0.257 e. The highest BCUT2D eigenvalue weighted by Gasteiger charge is 2.09. The number of benzene rings is 2. The Bertz CT molecular complexity index is 805. The molecule has 0 saturated heterocycles. The molecule has 0 radical (unpaired) electrons. The SMILES string of the molecule is CCCCCCOc1ccc(C(=O)NC(=S)Nc2ccc(C(N)=O)cc2)cc1. The Kier molecular flexibility index (Phi) is 8.42. The molecule has 0 aliphatic carbocycles. The van der Waals surface area contributed by atoms with Gasteiger partial charge in [0.25, 0.3) is 5.91 Å². The number of nitrogens with two attached hydrogens (primary N) is 1. The van der Waals surface area contributed by atoms with Gasteiger partial charge in [0.05, 0.1) is 6.61 Å². The summed E-state index contributed by atoms with van der Waals surface area (Å²) >= 11 is 5.16. The Morgan fingerprint density at radius 1 is 0.964 bits per heavy atom. The number of hydrogen-bond acceptors (Lipinski definition) is 4. The van der Waals surface area contributed by atoms with Gasteiger partial charge in [-0.05, 0) is 67.2 Å². The van der Waals surface area contributed by atoms with Gasteiger partial charge in [-0.3, -0.25) is 14.9 Å². The van der Waals surface area contributed by atoms with E-state index < -0.39 is 5.91 Å². The number of nitrogens with one attached hydrogen (secondary N) is 2. The van der Waals surface area contributed by atoms with Crippen LogP contribution in [0.4, 0.5) is 5.69 Å². The van der Waals surface area contributed by atoms with Crippen molar-refractivity contribution in [3.05, 3.63) is 59.7 Å². The third-order valence-electron chi connectivity index (χ3n) is 4.04. The first kappa shape index (κ1) is 21.4. The van der Waals surface area contributed by atoms with E-state index in [1.807, 2.05) is 0 Å². The maximum atomic E-state index is 12.3. The molecule has 0 fully saturated rings. The van der Waals surface area contributed by atoms with E-state index in [1.54, 1.807) is 48.5 Å². The topological polar surface area (TPSA) is 93.4 Å². The molecule has 0 atom stereocenters. The Morgan fingerprint density at radius 3 is 2.21 bits per heavy atom. The second-order valence-electron chi connectivity index (χ2n) is 6.28. The van der Waals surface area contributed by atoms with Gasteiger partial charge in [-0.1, -0.05) is 26.2 Å². The molecule has 0 unspecified atom stereocenters. The lowest BCUT2D eigenvalue weighted by Gasteiger charge is -2.10. The van der Waals surface area contributed by atoms with Crippen molar-refractivity contribution >= 4 is 34.8 Å². The first-order valence-corrected chi connectivity index (χ1v) is 9.65. The summed E-state index contributed by atoms with van der Waals surface area (Å²) in [6, 6.07) is 13.4. The van der Waals surface area contributed by atoms with Gasteiger partial charge in [0.15, 0.2) is 5.11 Å². The molecule has 4 N–H and O–H groups in total. The van der Waals surface area contributed by atoms with E-state index in [0.717, 1.165) is 18.6 Å². The molecule has 28 heavy (non-hydrogen) atoms. The number of anilines is 1. The van der Waals surface area contributed by atoms with E-state index in [1.165, 1.54) is 12.8 Å². The average molecular weight is 400 g/mol. The lowest BCUT2D eigenvalue weighted by Crippen LogP contribution is -2.34. The first-order valence-electron chi connectivity index (χ1n) is 9.24. The van der Waals surface area contributed by atoms with Crippen LogP contribution in [0.3, 0.4) is 0 Å². The van der Waals surface area contributed by atoms with E-state index in [9.17, 15) is 9.59 Å². The monoisotopic (exact) mass is 399 g/mol. The maximum absolute atomic E-state index is 12.3. The molecule has 148 valence electrons. The number of amides is 2. The molecule has 0 aliphatic heterocycles. The van der Waals surface area contributed by atoms with E-state index in [4.69, 9.17) is 22.7 Å². The summed E-state index contributed by atoms with van der Waals surface area (Å²) in [6.07, 6.45) is 4.59. The van der Waals surface area contributed by atoms with Gasteiger partial charge < -0.3 is 15.8 Å². The van der Waals surface area contributed by atoms with Crippen molar-refractivity contribution in [1.29, 1.82) is 0 Å². The lowest BCUT2D eigenvalue weighted by atomic mass is 10.2. The van der Waals surface area contributed by atoms with E-state index in [0.29, 0.717) is 23.4 Å². The Labute approximate surface area is 170 Å². The Hall–Kier alpha value is -2.93. The average Bonchev–Trinajstić information content (AvgIpc) is 2.68. The molecule has 6 nitrogen and oxygen atoms in total. The summed E-state index contributed by atoms with van der Waals surface area (Å²) in [5.41, 5.74) is 6.72. The highest BCUT2D eigenvalue weighted by atomic mass is 32.1. The zero-order valence-electron chi connectivity index (χ0n) is 15.9. The zero-order chi connectivity index (χ0) is 20.4. The Balaban J connectivity index is 1.81. The predicted octanol–water partition coefficient (Wildman–Crippen LogP) is 3.87. The number of carbonyl (C=O) groups excluding carboxylic acids is 2. The van der Waals surface area contributed by atoms with E-state index in [2.05, 4.69) is 17.6 Å². The third kappa shape index (κ3) is 7.00. The number of unbranched alkanes of at least 4 members (excludes halogenated alkanes) is 3. The van der Waals surface area contributed by atoms with Gasteiger partial charge in [0.1, 0.15) is 5.75 Å². The molecule has 0 bridgehead atoms. The number of ether oxygens (including phenoxy) is 1. The molecule has 0 aromatic heterocycles. The van der Waals surface area contributed by atoms with Crippen molar-refractivity contribution in [3.8, 4) is 5.75 Å². The molecule has 7 heteroatoms. The summed E-state index contributed by atoms with van der Waals surface area (Å²) in [7, 11) is 0. The largest absolute Gasteiger partial charge is 0.494 e. The van der Waals surface area contributed by atoms with Gasteiger partial charge in [-0.25, -0.2) is 0 Å². The number of rotatable bonds is 9. The summed E-state index contributed by atoms with van der Waals surface area (Å²) in [5, 5.41) is 5.66. The molecule has 0 saturated carbocycles. The molecule has 2 amide bonds. The molecule has 2 rings (SSSR count). The van der Waals surface area contributed by atoms with Gasteiger partial charge in [-0.15, -0.1) is 0 Å². The minimum Gasteiger partial charge on any atom is -0.494 e. The summed E-state index contributed by atoms with van der Waals surface area (Å²) in [4.78, 5) is 23.4. The number of primary amides is 1. The molecule has 2 aromatic rings. The van der Waals surface area contributed by atoms with Gasteiger partial charge >= 0.3 is 0 Å². The van der Waals surface area contributed by atoms with E-state index >= 15 is 0 Å². The summed E-state index contributed by atoms with van der Waals surface area (Å²) < 4.78 is 5.67. The van der Waals surface area contributed by atoms with Crippen molar-refractivity contribution in [2.45, 2.75) is 32.6 Å². The van der Waals surface area contributed by atoms with Crippen LogP contribution in [-0.2, 0) is 0 Å². The fraction of sp³-hybridized carbons (Fsp3) is 0.286. The normalized spacial score (nSPS) is 10.2. The summed E-state index contributed by atoms with van der Waals surface area (Å²) in [6.45, 7) is 2.85. The molecule has 0 aliphatic rings. The van der Waals surface area contributed by atoms with Crippen LogP contribution in [0.1, 0.15) is 53.3 Å². The second kappa shape index (κ2) is 11.0. The highest BCUT2D eigenvalue weighted by Crippen LogP contribution is 2.13. The summed E-state index contributed by atoms with van der Waals surface area (Å²) in [5.74, 6) is -0.0835. The van der Waals surface area contributed by atoms with Crippen LogP contribution < -0.4 is 21.1 Å². The van der Waals surface area contributed by atoms with Crippen LogP contribution in [-0.4, -0.2) is 23.5 Å². The van der Waals surface area contributed by atoms with Crippen molar-refractivity contribution in [3.63, 3.8) is 0 Å². The quantitative estimate of drug-likeness (QED) is 0.440. The van der Waals surface area contributed by atoms with Crippen LogP contribution in [0.15, 0.2) is 48.5 Å². The molecular weight excluding hydrogens is 374 g/mol. The van der Waals surface area contributed by atoms with Crippen molar-refractivity contribution in [1.82, 2.24) is 5.32 Å². The van der Waals surface area contributed by atoms with Crippen molar-refractivity contribution < 1.29 is 14.3 Å². The van der Waals surface area contributed by atoms with Gasteiger partial charge in [0, 0.05) is 16.8 Å². The molecular formula is C21H25N3O3S. The molecule has 0 spiro atoms. The molecule has 0 heterocycles. The van der Waals surface area contributed by atoms with Crippen LogP contribution in [0.5, 0.6) is 5.75 Å². The highest BCUT2D eigenvalue weighted by molar-refractivity contribution is 7.80. The fourth-order valence-electron chi connectivity index (χ4n) is 2.48. The van der Waals surface area contributed by atoms with Crippen molar-refractivity contribution in [2.24, 2.45) is 5.73 Å². The van der Waals surface area contributed by atoms with Gasteiger partial charge in [0.2, 0.25) is 5.91 Å². The Morgan fingerprint density at radius 2 is 1.61 bits per heavy atom. The van der Waals surface area contributed by atoms with Crippen LogP contribution in [0.2, 0.25) is 0 Å². The van der Waals surface area contributed by atoms with Gasteiger partial charge in [-0.2, -0.15) is 0 Å². The van der Waals surface area contributed by atoms with Crippen LogP contribution in [0, 0.1) is 0 Å². The number of hydrogen-bond donors (Lipinski definition) is 3. The minimum absolute atomic E-state index is 0.160. The molecule has 2 aromatic carbocycles. The maximum Gasteiger partial charge on any atom is 0.257 e. The van der Waals surface area contributed by atoms with E-state index in [-0.39, 0.29) is 11.0 Å². The number of carbonyl (C=O) groups is 2. The van der Waals surface area contributed by atoms with Crippen LogP contribution in [0.25, 0.3) is 0 Å². The van der Waals surface area contributed by atoms with Crippen molar-refractivity contribution in [2.75, 3.05) is 11.9 Å². The standard InChI is InChI=1S/C21H25N3O3S/c1-2-3-4-5-14-27-18-12-8-16(9-13-18)20(26)24-21(28)23-17-10-6-15(7-11-17)19(22)25/h6-13H,2-5,14H2,1H3,(H2,22,25)(H2,23,24,26,28). The zero-order valence-corrected chi connectivity index (χ0v) is 16.7. The first-order chi connectivity index (χ1) is 13.5. The second-order valence-corrected chi connectivity index (χ2v) is 6.69. The fourth-order valence-corrected chi connectivity index (χ4v) is 2.69. The number of thiocarbonyl (C=S) groups is 1. The lowest BCUT2D eigenvalue weighted by molar-refractivity contribution is 0.0975. The third-order valence-corrected chi connectivity index (χ3v) is 4.24.